The summed E-state index contributed by atoms with van der Waals surface area (Å²) in [7, 11) is -3.61. The van der Waals surface area contributed by atoms with E-state index in [1.807, 2.05) is 6.07 Å². The summed E-state index contributed by atoms with van der Waals surface area (Å²) >= 11 is 7.58. The summed E-state index contributed by atoms with van der Waals surface area (Å²) in [5.41, 5.74) is 4.52. The first kappa shape index (κ1) is 21.3. The van der Waals surface area contributed by atoms with E-state index in [0.29, 0.717) is 25.9 Å². The van der Waals surface area contributed by atoms with Gasteiger partial charge in [-0.1, -0.05) is 29.8 Å². The van der Waals surface area contributed by atoms with Crippen molar-refractivity contribution in [2.45, 2.75) is 36.8 Å². The number of hydrogen-bond acceptors (Lipinski definition) is 5. The number of nitrogens with zero attached hydrogens (tertiary/aromatic N) is 2. The van der Waals surface area contributed by atoms with Crippen molar-refractivity contribution in [2.24, 2.45) is 0 Å². The molecule has 0 bridgehead atoms. The summed E-state index contributed by atoms with van der Waals surface area (Å²) in [6.45, 7) is 5.39. The molecule has 158 valence electrons. The highest BCUT2D eigenvalue weighted by atomic mass is 35.5. The molecule has 30 heavy (non-hydrogen) atoms. The van der Waals surface area contributed by atoms with Gasteiger partial charge in [0, 0.05) is 24.0 Å². The van der Waals surface area contributed by atoms with E-state index in [4.69, 9.17) is 16.6 Å². The van der Waals surface area contributed by atoms with Crippen molar-refractivity contribution in [1.29, 1.82) is 0 Å². The van der Waals surface area contributed by atoms with Crippen LogP contribution in [0.25, 0.3) is 11.3 Å². The second-order valence-electron chi connectivity index (χ2n) is 7.57. The molecule has 0 saturated carbocycles. The van der Waals surface area contributed by atoms with Crippen LogP contribution in [0.1, 0.15) is 24.0 Å². The maximum Gasteiger partial charge on any atom is 0.185 e. The highest BCUT2D eigenvalue weighted by Gasteiger charge is 2.33. The molecule has 2 aromatic carbocycles. The standard InChI is InChI=1S/C22H22ClFN2O2S2/c1-14-4-3-5-18(15(14)2)20-13-29-22(25-20)26-10-8-17(9-11-26)30(27,28)21-7-6-16(24)12-19(21)23/h3-7,12-13,17H,8-11H2,1-2H3. The molecule has 8 heteroatoms. The third-order valence-corrected chi connectivity index (χ3v) is 9.37. The van der Waals surface area contributed by atoms with Gasteiger partial charge in [0.25, 0.3) is 0 Å². The lowest BCUT2D eigenvalue weighted by Crippen LogP contribution is -2.39. The number of anilines is 1. The average Bonchev–Trinajstić information content (AvgIpc) is 3.20. The molecule has 0 amide bonds. The first-order valence-corrected chi connectivity index (χ1v) is 12.5. The number of rotatable bonds is 4. The number of thiazole rings is 1. The Hall–Kier alpha value is -1.96. The smallest absolute Gasteiger partial charge is 0.185 e. The summed E-state index contributed by atoms with van der Waals surface area (Å²) in [4.78, 5) is 6.95. The highest BCUT2D eigenvalue weighted by molar-refractivity contribution is 7.92. The van der Waals surface area contributed by atoms with Crippen molar-refractivity contribution < 1.29 is 12.8 Å². The molecule has 4 nitrogen and oxygen atoms in total. The van der Waals surface area contributed by atoms with Crippen molar-refractivity contribution in [3.05, 3.63) is 63.7 Å². The predicted octanol–water partition coefficient (Wildman–Crippen LogP) is 5.66. The van der Waals surface area contributed by atoms with E-state index >= 15 is 0 Å². The molecule has 1 aliphatic heterocycles. The summed E-state index contributed by atoms with van der Waals surface area (Å²) < 4.78 is 39.3. The van der Waals surface area contributed by atoms with Gasteiger partial charge in [-0.05, 0) is 56.0 Å². The van der Waals surface area contributed by atoms with E-state index < -0.39 is 20.9 Å². The van der Waals surface area contributed by atoms with Crippen LogP contribution in [0.3, 0.4) is 0 Å². The molecular formula is C22H22ClFN2O2S2. The second-order valence-corrected chi connectivity index (χ2v) is 11.0. The van der Waals surface area contributed by atoms with E-state index in [2.05, 4.69) is 36.3 Å². The zero-order valence-corrected chi connectivity index (χ0v) is 19.1. The number of halogens is 2. The van der Waals surface area contributed by atoms with E-state index in [-0.39, 0.29) is 9.92 Å². The summed E-state index contributed by atoms with van der Waals surface area (Å²) in [6.07, 6.45) is 0.961. The van der Waals surface area contributed by atoms with Gasteiger partial charge in [-0.15, -0.1) is 11.3 Å². The third kappa shape index (κ3) is 3.98. The lowest BCUT2D eigenvalue weighted by Gasteiger charge is -2.31. The first-order chi connectivity index (χ1) is 14.3. The summed E-state index contributed by atoms with van der Waals surface area (Å²) in [6, 6.07) is 9.65. The molecule has 1 saturated heterocycles. The van der Waals surface area contributed by atoms with Crippen LogP contribution in [0.4, 0.5) is 9.52 Å². The Kier molecular flexibility index (Phi) is 5.88. The maximum absolute atomic E-state index is 13.3. The van der Waals surface area contributed by atoms with Crippen LogP contribution in [-0.4, -0.2) is 31.7 Å². The fourth-order valence-corrected chi connectivity index (χ4v) is 6.95. The number of sulfone groups is 1. The van der Waals surface area contributed by atoms with Crippen LogP contribution in [-0.2, 0) is 9.84 Å². The normalized spacial score (nSPS) is 15.5. The molecule has 1 aromatic heterocycles. The Balaban J connectivity index is 1.49. The molecule has 2 heterocycles. The Morgan fingerprint density at radius 1 is 1.17 bits per heavy atom. The molecule has 0 spiro atoms. The number of hydrogen-bond donors (Lipinski definition) is 0. The Labute approximate surface area is 185 Å². The van der Waals surface area contributed by atoms with Crippen LogP contribution in [0.5, 0.6) is 0 Å². The Bertz CT molecular complexity index is 1190. The van der Waals surface area contributed by atoms with Crippen molar-refractivity contribution in [2.75, 3.05) is 18.0 Å². The SMILES string of the molecule is Cc1cccc(-c2csc(N3CCC(S(=O)(=O)c4ccc(F)cc4Cl)CC3)n2)c1C. The van der Waals surface area contributed by atoms with Crippen LogP contribution in [0.2, 0.25) is 5.02 Å². The number of benzene rings is 2. The van der Waals surface area contributed by atoms with Gasteiger partial charge < -0.3 is 4.90 Å². The van der Waals surface area contributed by atoms with Crippen molar-refractivity contribution in [3.63, 3.8) is 0 Å². The number of aryl methyl sites for hydroxylation is 1. The van der Waals surface area contributed by atoms with Gasteiger partial charge in [0.2, 0.25) is 0 Å². The van der Waals surface area contributed by atoms with E-state index in [0.717, 1.165) is 28.5 Å². The molecule has 0 aliphatic carbocycles. The zero-order chi connectivity index (χ0) is 21.5. The van der Waals surface area contributed by atoms with Gasteiger partial charge in [0.15, 0.2) is 15.0 Å². The van der Waals surface area contributed by atoms with E-state index in [1.165, 1.54) is 17.2 Å². The zero-order valence-electron chi connectivity index (χ0n) is 16.7. The predicted molar refractivity (Wildman–Crippen MR) is 121 cm³/mol. The molecule has 0 unspecified atom stereocenters. The topological polar surface area (TPSA) is 50.3 Å². The van der Waals surface area contributed by atoms with Gasteiger partial charge >= 0.3 is 0 Å². The molecule has 1 aliphatic rings. The minimum absolute atomic E-state index is 0.00970. The average molecular weight is 465 g/mol. The van der Waals surface area contributed by atoms with Crippen molar-refractivity contribution in [3.8, 4) is 11.3 Å². The maximum atomic E-state index is 13.3. The quantitative estimate of drug-likeness (QED) is 0.467. The summed E-state index contributed by atoms with van der Waals surface area (Å²) in [5.74, 6) is -0.544. The number of aromatic nitrogens is 1. The van der Waals surface area contributed by atoms with Crippen molar-refractivity contribution >= 4 is 37.9 Å². The fourth-order valence-electron chi connectivity index (χ4n) is 3.80. The van der Waals surface area contributed by atoms with Gasteiger partial charge in [-0.25, -0.2) is 17.8 Å². The van der Waals surface area contributed by atoms with Crippen LogP contribution in [0.15, 0.2) is 46.7 Å². The summed E-state index contributed by atoms with van der Waals surface area (Å²) in [5, 5.41) is 2.37. The lowest BCUT2D eigenvalue weighted by molar-refractivity contribution is 0.529. The fraction of sp³-hybridized carbons (Fsp3) is 0.318. The minimum Gasteiger partial charge on any atom is -0.348 e. The number of piperidine rings is 1. The van der Waals surface area contributed by atoms with Gasteiger partial charge in [-0.3, -0.25) is 0 Å². The van der Waals surface area contributed by atoms with Crippen LogP contribution < -0.4 is 4.90 Å². The third-order valence-electron chi connectivity index (χ3n) is 5.72. The highest BCUT2D eigenvalue weighted by Crippen LogP contribution is 2.34. The van der Waals surface area contributed by atoms with Gasteiger partial charge in [0.1, 0.15) is 5.82 Å². The Morgan fingerprint density at radius 3 is 2.60 bits per heavy atom. The van der Waals surface area contributed by atoms with Gasteiger partial charge in [0.05, 0.1) is 20.9 Å². The molecule has 4 rings (SSSR count). The van der Waals surface area contributed by atoms with E-state index in [9.17, 15) is 12.8 Å². The van der Waals surface area contributed by atoms with Crippen LogP contribution >= 0.6 is 22.9 Å². The monoisotopic (exact) mass is 464 g/mol. The van der Waals surface area contributed by atoms with Crippen LogP contribution in [0, 0.1) is 19.7 Å². The molecule has 0 radical (unpaired) electrons. The van der Waals surface area contributed by atoms with E-state index in [1.54, 1.807) is 11.3 Å². The van der Waals surface area contributed by atoms with Gasteiger partial charge in [-0.2, -0.15) is 0 Å². The molecule has 0 N–H and O–H groups in total. The first-order valence-electron chi connectivity index (χ1n) is 9.73. The molecule has 0 atom stereocenters. The van der Waals surface area contributed by atoms with Crippen molar-refractivity contribution in [1.82, 2.24) is 4.98 Å². The molecular weight excluding hydrogens is 443 g/mol. The second kappa shape index (κ2) is 8.29. The minimum atomic E-state index is -3.61. The largest absolute Gasteiger partial charge is 0.348 e. The lowest BCUT2D eigenvalue weighted by atomic mass is 10.0. The Morgan fingerprint density at radius 2 is 1.90 bits per heavy atom. The molecule has 1 fully saturated rings. The molecule has 3 aromatic rings.